The van der Waals surface area contributed by atoms with E-state index >= 15 is 0 Å². The van der Waals surface area contributed by atoms with Crippen LogP contribution in [0, 0.1) is 0 Å². The molecule has 1 aromatic heterocycles. The Morgan fingerprint density at radius 1 is 1.14 bits per heavy atom. The second kappa shape index (κ2) is 5.95. The highest BCUT2D eigenvalue weighted by molar-refractivity contribution is 7.89. The van der Waals surface area contributed by atoms with Gasteiger partial charge in [0.25, 0.3) is 0 Å². The first-order valence-electron chi connectivity index (χ1n) is 7.15. The fraction of sp³-hybridized carbons (Fsp3) is 0.312. The molecule has 21 heavy (non-hydrogen) atoms. The number of pyridine rings is 1. The lowest BCUT2D eigenvalue weighted by molar-refractivity contribution is 0.581. The average molecular weight is 302 g/mol. The van der Waals surface area contributed by atoms with Crippen LogP contribution in [0.3, 0.4) is 0 Å². The molecule has 4 nitrogen and oxygen atoms in total. The standard InChI is InChI=1S/C16H18N2O2S/c19-21(20,18-10-8-13-3-2-9-17-12-13)16-7-6-14-4-1-5-15(14)11-16/h2-3,6-7,9,11-12,18H,1,4-5,8,10H2. The molecule has 110 valence electrons. The van der Waals surface area contributed by atoms with Gasteiger partial charge >= 0.3 is 0 Å². The third kappa shape index (κ3) is 3.31. The van der Waals surface area contributed by atoms with Crippen LogP contribution < -0.4 is 4.72 Å². The number of aryl methyl sites for hydroxylation is 2. The minimum Gasteiger partial charge on any atom is -0.264 e. The molecule has 0 amide bonds. The van der Waals surface area contributed by atoms with Crippen molar-refractivity contribution in [2.75, 3.05) is 6.54 Å². The van der Waals surface area contributed by atoms with E-state index in [9.17, 15) is 8.42 Å². The molecule has 0 saturated carbocycles. The lowest BCUT2D eigenvalue weighted by atomic mass is 10.1. The second-order valence-corrected chi connectivity index (χ2v) is 7.06. The predicted molar refractivity (Wildman–Crippen MR) is 81.6 cm³/mol. The van der Waals surface area contributed by atoms with E-state index in [4.69, 9.17) is 0 Å². The van der Waals surface area contributed by atoms with Gasteiger partial charge in [0.2, 0.25) is 10.0 Å². The van der Waals surface area contributed by atoms with E-state index in [0.29, 0.717) is 17.9 Å². The fourth-order valence-electron chi connectivity index (χ4n) is 2.67. The molecule has 1 aromatic carbocycles. The largest absolute Gasteiger partial charge is 0.264 e. The van der Waals surface area contributed by atoms with Gasteiger partial charge in [-0.05, 0) is 60.6 Å². The highest BCUT2D eigenvalue weighted by Gasteiger charge is 2.17. The molecule has 0 saturated heterocycles. The van der Waals surface area contributed by atoms with Gasteiger partial charge in [0.15, 0.2) is 0 Å². The van der Waals surface area contributed by atoms with Crippen LogP contribution >= 0.6 is 0 Å². The topological polar surface area (TPSA) is 59.1 Å². The molecule has 1 aliphatic carbocycles. The molecule has 0 radical (unpaired) electrons. The van der Waals surface area contributed by atoms with Crippen molar-refractivity contribution in [1.29, 1.82) is 0 Å². The Labute approximate surface area is 125 Å². The van der Waals surface area contributed by atoms with E-state index in [0.717, 1.165) is 24.8 Å². The number of nitrogens with zero attached hydrogens (tertiary/aromatic N) is 1. The Balaban J connectivity index is 1.67. The third-order valence-corrected chi connectivity index (χ3v) is 5.27. The molecule has 0 fully saturated rings. The second-order valence-electron chi connectivity index (χ2n) is 5.29. The zero-order valence-electron chi connectivity index (χ0n) is 11.7. The summed E-state index contributed by atoms with van der Waals surface area (Å²) in [4.78, 5) is 4.39. The Morgan fingerprint density at radius 3 is 2.81 bits per heavy atom. The quantitative estimate of drug-likeness (QED) is 0.920. The molecular weight excluding hydrogens is 284 g/mol. The number of sulfonamides is 1. The minimum atomic E-state index is -3.42. The first kappa shape index (κ1) is 14.2. The zero-order valence-corrected chi connectivity index (χ0v) is 12.6. The molecule has 5 heteroatoms. The molecular formula is C16H18N2O2S. The fourth-order valence-corrected chi connectivity index (χ4v) is 3.76. The third-order valence-electron chi connectivity index (χ3n) is 3.81. The molecule has 0 spiro atoms. The SMILES string of the molecule is O=S(=O)(NCCc1cccnc1)c1ccc2c(c1)CCC2. The number of hydrogen-bond donors (Lipinski definition) is 1. The summed E-state index contributed by atoms with van der Waals surface area (Å²) in [7, 11) is -3.42. The van der Waals surface area contributed by atoms with Crippen molar-refractivity contribution in [1.82, 2.24) is 9.71 Å². The number of rotatable bonds is 5. The van der Waals surface area contributed by atoms with E-state index in [1.54, 1.807) is 18.5 Å². The summed E-state index contributed by atoms with van der Waals surface area (Å²) in [5, 5.41) is 0. The maximum atomic E-state index is 12.3. The van der Waals surface area contributed by atoms with E-state index in [1.807, 2.05) is 24.3 Å². The monoisotopic (exact) mass is 302 g/mol. The number of nitrogens with one attached hydrogen (secondary N) is 1. The smallest absolute Gasteiger partial charge is 0.240 e. The number of benzene rings is 1. The van der Waals surface area contributed by atoms with Crippen LogP contribution in [-0.2, 0) is 29.3 Å². The summed E-state index contributed by atoms with van der Waals surface area (Å²) >= 11 is 0. The summed E-state index contributed by atoms with van der Waals surface area (Å²) in [5.41, 5.74) is 3.48. The molecule has 0 atom stereocenters. The molecule has 0 aliphatic heterocycles. The van der Waals surface area contributed by atoms with Crippen molar-refractivity contribution in [3.63, 3.8) is 0 Å². The molecule has 3 rings (SSSR count). The predicted octanol–water partition coefficient (Wildman–Crippen LogP) is 2.09. The lowest BCUT2D eigenvalue weighted by Crippen LogP contribution is -2.26. The van der Waals surface area contributed by atoms with Gasteiger partial charge in [-0.15, -0.1) is 0 Å². The Bertz CT molecular complexity index is 727. The summed E-state index contributed by atoms with van der Waals surface area (Å²) in [5.74, 6) is 0. The van der Waals surface area contributed by atoms with Crippen LogP contribution in [0.4, 0.5) is 0 Å². The van der Waals surface area contributed by atoms with Gasteiger partial charge in [0, 0.05) is 18.9 Å². The number of fused-ring (bicyclic) bond motifs is 1. The van der Waals surface area contributed by atoms with Crippen LogP contribution in [0.25, 0.3) is 0 Å². The van der Waals surface area contributed by atoms with E-state index in [1.165, 1.54) is 11.1 Å². The average Bonchev–Trinajstić information content (AvgIpc) is 2.95. The van der Waals surface area contributed by atoms with Crippen LogP contribution in [0.2, 0.25) is 0 Å². The molecule has 0 bridgehead atoms. The highest BCUT2D eigenvalue weighted by atomic mass is 32.2. The van der Waals surface area contributed by atoms with Gasteiger partial charge < -0.3 is 0 Å². The van der Waals surface area contributed by atoms with Gasteiger partial charge in [-0.2, -0.15) is 0 Å². The van der Waals surface area contributed by atoms with Crippen molar-refractivity contribution in [3.05, 3.63) is 59.4 Å². The number of aromatic nitrogens is 1. The molecule has 0 unspecified atom stereocenters. The van der Waals surface area contributed by atoms with Crippen molar-refractivity contribution in [3.8, 4) is 0 Å². The van der Waals surface area contributed by atoms with Crippen molar-refractivity contribution < 1.29 is 8.42 Å². The van der Waals surface area contributed by atoms with Gasteiger partial charge in [0.1, 0.15) is 0 Å². The Hall–Kier alpha value is -1.72. The lowest BCUT2D eigenvalue weighted by Gasteiger charge is -2.08. The first-order valence-corrected chi connectivity index (χ1v) is 8.64. The van der Waals surface area contributed by atoms with Crippen LogP contribution in [0.1, 0.15) is 23.1 Å². The summed E-state index contributed by atoms with van der Waals surface area (Å²) in [6, 6.07) is 9.25. The van der Waals surface area contributed by atoms with Crippen molar-refractivity contribution >= 4 is 10.0 Å². The van der Waals surface area contributed by atoms with Crippen molar-refractivity contribution in [2.45, 2.75) is 30.6 Å². The maximum absolute atomic E-state index is 12.3. The van der Waals surface area contributed by atoms with E-state index < -0.39 is 10.0 Å². The van der Waals surface area contributed by atoms with Crippen LogP contribution in [0.5, 0.6) is 0 Å². The normalized spacial score (nSPS) is 14.1. The first-order chi connectivity index (χ1) is 10.1. The van der Waals surface area contributed by atoms with E-state index in [2.05, 4.69) is 9.71 Å². The Kier molecular flexibility index (Phi) is 4.03. The van der Waals surface area contributed by atoms with Gasteiger partial charge in [-0.25, -0.2) is 13.1 Å². The Morgan fingerprint density at radius 2 is 2.00 bits per heavy atom. The van der Waals surface area contributed by atoms with Crippen LogP contribution in [0.15, 0.2) is 47.6 Å². The molecule has 1 heterocycles. The van der Waals surface area contributed by atoms with Gasteiger partial charge in [0.05, 0.1) is 4.90 Å². The maximum Gasteiger partial charge on any atom is 0.240 e. The number of hydrogen-bond acceptors (Lipinski definition) is 3. The summed E-state index contributed by atoms with van der Waals surface area (Å²) < 4.78 is 27.3. The summed E-state index contributed by atoms with van der Waals surface area (Å²) in [6.07, 6.45) is 7.26. The molecule has 2 aromatic rings. The highest BCUT2D eigenvalue weighted by Crippen LogP contribution is 2.24. The van der Waals surface area contributed by atoms with E-state index in [-0.39, 0.29) is 0 Å². The zero-order chi connectivity index (χ0) is 14.7. The van der Waals surface area contributed by atoms with Crippen LogP contribution in [-0.4, -0.2) is 19.9 Å². The van der Waals surface area contributed by atoms with Crippen molar-refractivity contribution in [2.24, 2.45) is 0 Å². The summed E-state index contributed by atoms with van der Waals surface area (Å²) in [6.45, 7) is 0.380. The van der Waals surface area contributed by atoms with Gasteiger partial charge in [-0.3, -0.25) is 4.98 Å². The molecule has 1 N–H and O–H groups in total. The molecule has 1 aliphatic rings. The van der Waals surface area contributed by atoms with Gasteiger partial charge in [-0.1, -0.05) is 12.1 Å². The minimum absolute atomic E-state index is 0.370.